The highest BCUT2D eigenvalue weighted by Gasteiger charge is 2.18. The monoisotopic (exact) mass is 298 g/mol. The Balaban J connectivity index is 2.38. The first-order chi connectivity index (χ1) is 10.5. The van der Waals surface area contributed by atoms with E-state index in [1.165, 1.54) is 5.56 Å². The molecule has 0 saturated carbocycles. The van der Waals surface area contributed by atoms with Gasteiger partial charge in [-0.15, -0.1) is 0 Å². The number of ether oxygens (including phenoxy) is 1. The van der Waals surface area contributed by atoms with Crippen LogP contribution >= 0.6 is 0 Å². The summed E-state index contributed by atoms with van der Waals surface area (Å²) in [6, 6.07) is 15.8. The Morgan fingerprint density at radius 2 is 1.68 bits per heavy atom. The van der Waals surface area contributed by atoms with E-state index in [9.17, 15) is 9.90 Å². The van der Waals surface area contributed by atoms with Crippen LogP contribution in [0.2, 0.25) is 0 Å². The van der Waals surface area contributed by atoms with Gasteiger partial charge in [0.15, 0.2) is 0 Å². The molecule has 0 saturated heterocycles. The van der Waals surface area contributed by atoms with Gasteiger partial charge in [0.2, 0.25) is 0 Å². The van der Waals surface area contributed by atoms with Crippen molar-refractivity contribution < 1.29 is 14.6 Å². The second kappa shape index (κ2) is 7.12. The van der Waals surface area contributed by atoms with Gasteiger partial charge in [-0.05, 0) is 34.7 Å². The van der Waals surface area contributed by atoms with E-state index in [-0.39, 0.29) is 12.3 Å². The standard InChI is InChI=1S/C19H22O3/c1-13(2)14-7-9-15(10-8-14)18(12-19(20)21)16-5-4-6-17(11-16)22-3/h4-11,13,18H,12H2,1-3H3,(H,20,21). The second-order valence-corrected chi connectivity index (χ2v) is 5.75. The maximum Gasteiger partial charge on any atom is 0.304 e. The lowest BCUT2D eigenvalue weighted by atomic mass is 9.87. The number of aliphatic carboxylic acids is 1. The van der Waals surface area contributed by atoms with Crippen LogP contribution in [0.4, 0.5) is 0 Å². The molecule has 1 N–H and O–H groups in total. The summed E-state index contributed by atoms with van der Waals surface area (Å²) in [5.74, 6) is 0.227. The van der Waals surface area contributed by atoms with Crippen molar-refractivity contribution in [2.24, 2.45) is 0 Å². The number of rotatable bonds is 6. The van der Waals surface area contributed by atoms with E-state index in [1.54, 1.807) is 7.11 Å². The third-order valence-corrected chi connectivity index (χ3v) is 3.88. The van der Waals surface area contributed by atoms with Crippen molar-refractivity contribution in [3.63, 3.8) is 0 Å². The van der Waals surface area contributed by atoms with Crippen LogP contribution in [0.25, 0.3) is 0 Å². The molecule has 1 unspecified atom stereocenters. The van der Waals surface area contributed by atoms with E-state index in [0.717, 1.165) is 16.9 Å². The summed E-state index contributed by atoms with van der Waals surface area (Å²) in [5.41, 5.74) is 3.22. The molecule has 0 aromatic heterocycles. The van der Waals surface area contributed by atoms with Crippen LogP contribution in [0.15, 0.2) is 48.5 Å². The molecular weight excluding hydrogens is 276 g/mol. The fourth-order valence-corrected chi connectivity index (χ4v) is 2.57. The minimum atomic E-state index is -0.805. The number of hydrogen-bond donors (Lipinski definition) is 1. The predicted octanol–water partition coefficient (Wildman–Crippen LogP) is 4.43. The maximum absolute atomic E-state index is 11.3. The fraction of sp³-hybridized carbons (Fsp3) is 0.316. The van der Waals surface area contributed by atoms with Gasteiger partial charge < -0.3 is 9.84 Å². The Labute approximate surface area is 131 Å². The molecule has 0 aliphatic heterocycles. The van der Waals surface area contributed by atoms with E-state index in [2.05, 4.69) is 26.0 Å². The number of benzene rings is 2. The first kappa shape index (κ1) is 16.1. The lowest BCUT2D eigenvalue weighted by Gasteiger charge is -2.18. The number of carboxylic acid groups (broad SMARTS) is 1. The van der Waals surface area contributed by atoms with Crippen molar-refractivity contribution in [2.45, 2.75) is 32.1 Å². The van der Waals surface area contributed by atoms with Crippen LogP contribution in [0.5, 0.6) is 5.75 Å². The quantitative estimate of drug-likeness (QED) is 0.858. The highest BCUT2D eigenvalue weighted by atomic mass is 16.5. The van der Waals surface area contributed by atoms with Gasteiger partial charge in [-0.2, -0.15) is 0 Å². The van der Waals surface area contributed by atoms with Crippen LogP contribution in [-0.2, 0) is 4.79 Å². The van der Waals surface area contributed by atoms with Gasteiger partial charge in [0.25, 0.3) is 0 Å². The van der Waals surface area contributed by atoms with Crippen molar-refractivity contribution >= 4 is 5.97 Å². The van der Waals surface area contributed by atoms with Crippen molar-refractivity contribution in [1.29, 1.82) is 0 Å². The summed E-state index contributed by atoms with van der Waals surface area (Å²) in [6.07, 6.45) is 0.0637. The van der Waals surface area contributed by atoms with Gasteiger partial charge >= 0.3 is 5.97 Å². The van der Waals surface area contributed by atoms with E-state index >= 15 is 0 Å². The molecule has 0 heterocycles. The second-order valence-electron chi connectivity index (χ2n) is 5.75. The number of hydrogen-bond acceptors (Lipinski definition) is 2. The molecule has 0 amide bonds. The fourth-order valence-electron chi connectivity index (χ4n) is 2.57. The largest absolute Gasteiger partial charge is 0.497 e. The summed E-state index contributed by atoms with van der Waals surface area (Å²) < 4.78 is 5.25. The van der Waals surface area contributed by atoms with Gasteiger partial charge in [-0.25, -0.2) is 0 Å². The lowest BCUT2D eigenvalue weighted by molar-refractivity contribution is -0.137. The minimum absolute atomic E-state index is 0.0637. The van der Waals surface area contributed by atoms with Crippen LogP contribution < -0.4 is 4.74 Å². The Morgan fingerprint density at radius 3 is 2.23 bits per heavy atom. The molecule has 3 heteroatoms. The normalized spacial score (nSPS) is 12.2. The molecule has 1 atom stereocenters. The highest BCUT2D eigenvalue weighted by Crippen LogP contribution is 2.31. The Hall–Kier alpha value is -2.29. The van der Waals surface area contributed by atoms with Gasteiger partial charge in [0, 0.05) is 5.92 Å². The number of carboxylic acids is 1. The summed E-state index contributed by atoms with van der Waals surface area (Å²) in [5, 5.41) is 9.24. The molecule has 0 fully saturated rings. The molecule has 3 nitrogen and oxygen atoms in total. The number of carbonyl (C=O) groups is 1. The topological polar surface area (TPSA) is 46.5 Å². The van der Waals surface area contributed by atoms with E-state index < -0.39 is 5.97 Å². The summed E-state index contributed by atoms with van der Waals surface area (Å²) in [4.78, 5) is 11.3. The van der Waals surface area contributed by atoms with Gasteiger partial charge in [0.05, 0.1) is 13.5 Å². The van der Waals surface area contributed by atoms with E-state index in [0.29, 0.717) is 5.92 Å². The molecule has 0 aliphatic carbocycles. The Morgan fingerprint density at radius 1 is 1.05 bits per heavy atom. The van der Waals surface area contributed by atoms with Crippen LogP contribution in [0.3, 0.4) is 0 Å². The van der Waals surface area contributed by atoms with Crippen LogP contribution in [-0.4, -0.2) is 18.2 Å². The number of methoxy groups -OCH3 is 1. The zero-order chi connectivity index (χ0) is 16.1. The zero-order valence-corrected chi connectivity index (χ0v) is 13.2. The molecule has 0 radical (unpaired) electrons. The molecular formula is C19H22O3. The molecule has 116 valence electrons. The third-order valence-electron chi connectivity index (χ3n) is 3.88. The SMILES string of the molecule is COc1cccc(C(CC(=O)O)c2ccc(C(C)C)cc2)c1. The van der Waals surface area contributed by atoms with Crippen LogP contribution in [0, 0.1) is 0 Å². The zero-order valence-electron chi connectivity index (χ0n) is 13.2. The average molecular weight is 298 g/mol. The smallest absolute Gasteiger partial charge is 0.304 e. The Kier molecular flexibility index (Phi) is 5.21. The highest BCUT2D eigenvalue weighted by molar-refractivity contribution is 5.69. The maximum atomic E-state index is 11.3. The predicted molar refractivity (Wildman–Crippen MR) is 87.6 cm³/mol. The van der Waals surface area contributed by atoms with Crippen LogP contribution in [0.1, 0.15) is 48.8 Å². The first-order valence-electron chi connectivity index (χ1n) is 7.47. The third kappa shape index (κ3) is 3.88. The van der Waals surface area contributed by atoms with Gasteiger partial charge in [-0.1, -0.05) is 50.2 Å². The van der Waals surface area contributed by atoms with Crippen molar-refractivity contribution in [1.82, 2.24) is 0 Å². The molecule has 0 spiro atoms. The summed E-state index contributed by atoms with van der Waals surface area (Å²) in [7, 11) is 1.61. The molecule has 2 aromatic carbocycles. The van der Waals surface area contributed by atoms with Crippen molar-refractivity contribution in [3.8, 4) is 5.75 Å². The summed E-state index contributed by atoms with van der Waals surface area (Å²) >= 11 is 0. The molecule has 0 aliphatic rings. The van der Waals surface area contributed by atoms with Gasteiger partial charge in [-0.3, -0.25) is 4.79 Å². The van der Waals surface area contributed by atoms with Gasteiger partial charge in [0.1, 0.15) is 5.75 Å². The van der Waals surface area contributed by atoms with Crippen molar-refractivity contribution in [2.75, 3.05) is 7.11 Å². The molecule has 0 bridgehead atoms. The molecule has 2 rings (SSSR count). The van der Waals surface area contributed by atoms with Crippen molar-refractivity contribution in [3.05, 3.63) is 65.2 Å². The minimum Gasteiger partial charge on any atom is -0.497 e. The summed E-state index contributed by atoms with van der Waals surface area (Å²) in [6.45, 7) is 4.29. The Bertz CT molecular complexity index is 629. The lowest BCUT2D eigenvalue weighted by Crippen LogP contribution is -2.08. The average Bonchev–Trinajstić information content (AvgIpc) is 2.52. The molecule has 2 aromatic rings. The first-order valence-corrected chi connectivity index (χ1v) is 7.47. The van der Waals surface area contributed by atoms with E-state index in [1.807, 2.05) is 36.4 Å². The van der Waals surface area contributed by atoms with E-state index in [4.69, 9.17) is 4.74 Å². The molecule has 22 heavy (non-hydrogen) atoms.